The summed E-state index contributed by atoms with van der Waals surface area (Å²) in [5.74, 6) is -0.569. The summed E-state index contributed by atoms with van der Waals surface area (Å²) in [5, 5.41) is 0. The number of alkyl halides is 3. The first kappa shape index (κ1) is 11.7. The van der Waals surface area contributed by atoms with Crippen molar-refractivity contribution in [3.05, 3.63) is 0 Å². The Bertz CT molecular complexity index is 218. The molecule has 0 aromatic heterocycles. The number of halogens is 3. The highest BCUT2D eigenvalue weighted by Crippen LogP contribution is 2.03. The lowest BCUT2D eigenvalue weighted by Crippen LogP contribution is -2.39. The van der Waals surface area contributed by atoms with Crippen molar-refractivity contribution >= 4 is 10.0 Å². The van der Waals surface area contributed by atoms with Gasteiger partial charge in [-0.25, -0.2) is 21.6 Å². The first-order valence-corrected chi connectivity index (χ1v) is 4.66. The van der Waals surface area contributed by atoms with E-state index in [1.165, 1.54) is 0 Å². The van der Waals surface area contributed by atoms with Gasteiger partial charge in [0.05, 0.1) is 5.75 Å². The third-order valence-corrected chi connectivity index (χ3v) is 2.26. The van der Waals surface area contributed by atoms with E-state index in [0.717, 1.165) is 4.72 Å². The topological polar surface area (TPSA) is 72.2 Å². The van der Waals surface area contributed by atoms with Crippen molar-refractivity contribution in [1.29, 1.82) is 0 Å². The largest absolute Gasteiger partial charge is 0.329 e. The lowest BCUT2D eigenvalue weighted by atomic mass is 10.7. The number of nitrogens with one attached hydrogen (secondary N) is 1. The van der Waals surface area contributed by atoms with Crippen molar-refractivity contribution in [2.45, 2.75) is 12.7 Å². The highest BCUT2D eigenvalue weighted by atomic mass is 32.2. The minimum atomic E-state index is -4.01. The Morgan fingerprint density at radius 1 is 1.33 bits per heavy atom. The van der Waals surface area contributed by atoms with E-state index < -0.39 is 28.5 Å². The third kappa shape index (κ3) is 4.52. The van der Waals surface area contributed by atoms with Gasteiger partial charge in [0.15, 0.2) is 0 Å². The number of nitrogens with two attached hydrogens (primary N) is 1. The van der Waals surface area contributed by atoms with Crippen LogP contribution in [0.5, 0.6) is 0 Å². The molecule has 0 heterocycles. The van der Waals surface area contributed by atoms with Gasteiger partial charge in [-0.05, 0) is 0 Å². The molecule has 4 nitrogen and oxygen atoms in total. The van der Waals surface area contributed by atoms with Crippen molar-refractivity contribution in [2.75, 3.05) is 12.3 Å². The van der Waals surface area contributed by atoms with E-state index in [-0.39, 0.29) is 6.54 Å². The van der Waals surface area contributed by atoms with E-state index in [1.807, 2.05) is 0 Å². The van der Waals surface area contributed by atoms with Crippen molar-refractivity contribution in [1.82, 2.24) is 4.72 Å². The smallest absolute Gasteiger partial charge is 0.283 e. The van der Waals surface area contributed by atoms with Crippen LogP contribution in [-0.2, 0) is 10.0 Å². The number of rotatable bonds is 5. The van der Waals surface area contributed by atoms with Gasteiger partial charge < -0.3 is 5.73 Å². The van der Waals surface area contributed by atoms with Crippen LogP contribution in [0.25, 0.3) is 0 Å². The predicted molar refractivity (Wildman–Crippen MR) is 36.9 cm³/mol. The van der Waals surface area contributed by atoms with E-state index >= 15 is 0 Å². The molecule has 0 fully saturated rings. The second-order valence-corrected chi connectivity index (χ2v) is 3.84. The molecule has 8 heteroatoms. The van der Waals surface area contributed by atoms with Crippen molar-refractivity contribution in [3.8, 4) is 0 Å². The zero-order valence-corrected chi connectivity index (χ0v) is 6.82. The molecule has 0 radical (unpaired) electrons. The maximum absolute atomic E-state index is 12.1. The highest BCUT2D eigenvalue weighted by Gasteiger charge is 2.24. The number of sulfonamides is 1. The zero-order valence-electron chi connectivity index (χ0n) is 6.00. The lowest BCUT2D eigenvalue weighted by molar-refractivity contribution is 0.0440. The molecule has 0 aliphatic heterocycles. The summed E-state index contributed by atoms with van der Waals surface area (Å²) in [6.45, 7) is -0.245. The van der Waals surface area contributed by atoms with Crippen LogP contribution in [-0.4, -0.2) is 33.4 Å². The molecule has 0 spiro atoms. The molecule has 1 unspecified atom stereocenters. The minimum absolute atomic E-state index is 0.245. The number of hydrogen-bond acceptors (Lipinski definition) is 3. The average Bonchev–Trinajstić information content (AvgIpc) is 1.85. The van der Waals surface area contributed by atoms with Gasteiger partial charge in [0, 0.05) is 6.54 Å². The van der Waals surface area contributed by atoms with Crippen molar-refractivity contribution < 1.29 is 21.6 Å². The van der Waals surface area contributed by atoms with Gasteiger partial charge in [-0.15, -0.1) is 0 Å². The Hall–Kier alpha value is -0.340. The summed E-state index contributed by atoms with van der Waals surface area (Å²) in [6.07, 6.45) is -6.22. The van der Waals surface area contributed by atoms with E-state index in [4.69, 9.17) is 5.73 Å². The molecular weight excluding hydrogens is 197 g/mol. The normalized spacial score (nSPS) is 15.1. The Morgan fingerprint density at radius 3 is 2.17 bits per heavy atom. The average molecular weight is 206 g/mol. The highest BCUT2D eigenvalue weighted by molar-refractivity contribution is 7.89. The quantitative estimate of drug-likeness (QED) is 0.591. The van der Waals surface area contributed by atoms with Gasteiger partial charge in [-0.2, -0.15) is 4.72 Å². The molecule has 0 bridgehead atoms. The van der Waals surface area contributed by atoms with Gasteiger partial charge >= 0.3 is 0 Å². The summed E-state index contributed by atoms with van der Waals surface area (Å²) in [4.78, 5) is 0. The van der Waals surface area contributed by atoms with Gasteiger partial charge in [0.1, 0.15) is 0 Å². The molecule has 0 saturated carbocycles. The standard InChI is InChI=1S/C4H9F3N2O2S/c5-3(6)4(7)9-12(10,11)2-1-8/h3-4,9H,1-2,8H2. The molecule has 0 aromatic carbocycles. The summed E-state index contributed by atoms with van der Waals surface area (Å²) < 4.78 is 57.3. The molecule has 0 aromatic rings. The fourth-order valence-electron chi connectivity index (χ4n) is 0.437. The molecule has 12 heavy (non-hydrogen) atoms. The summed E-state index contributed by atoms with van der Waals surface area (Å²) >= 11 is 0. The third-order valence-electron chi connectivity index (χ3n) is 0.900. The molecule has 1 atom stereocenters. The molecule has 74 valence electrons. The Morgan fingerprint density at radius 2 is 1.83 bits per heavy atom. The maximum atomic E-state index is 12.1. The molecular formula is C4H9F3N2O2S. The summed E-state index contributed by atoms with van der Waals surface area (Å²) in [7, 11) is -4.01. The molecule has 0 amide bonds. The molecule has 0 aliphatic carbocycles. The molecule has 0 saturated heterocycles. The van der Waals surface area contributed by atoms with Crippen molar-refractivity contribution in [2.24, 2.45) is 5.73 Å². The minimum Gasteiger partial charge on any atom is -0.329 e. The number of hydrogen-bond donors (Lipinski definition) is 2. The van der Waals surface area contributed by atoms with Gasteiger partial charge in [0.25, 0.3) is 6.43 Å². The van der Waals surface area contributed by atoms with E-state index in [0.29, 0.717) is 0 Å². The van der Waals surface area contributed by atoms with Gasteiger partial charge in [-0.1, -0.05) is 0 Å². The summed E-state index contributed by atoms with van der Waals surface area (Å²) in [6, 6.07) is 0. The predicted octanol–water partition coefficient (Wildman–Crippen LogP) is -0.575. The van der Waals surface area contributed by atoms with Crippen LogP contribution in [0.1, 0.15) is 0 Å². The van der Waals surface area contributed by atoms with Crippen LogP contribution in [0.4, 0.5) is 13.2 Å². The van der Waals surface area contributed by atoms with Crippen LogP contribution < -0.4 is 10.5 Å². The van der Waals surface area contributed by atoms with Crippen LogP contribution in [0.3, 0.4) is 0 Å². The maximum Gasteiger partial charge on any atom is 0.283 e. The lowest BCUT2D eigenvalue weighted by Gasteiger charge is -2.08. The van der Waals surface area contributed by atoms with Crippen LogP contribution in [0.2, 0.25) is 0 Å². The Balaban J connectivity index is 4.07. The van der Waals surface area contributed by atoms with Crippen molar-refractivity contribution in [3.63, 3.8) is 0 Å². The zero-order chi connectivity index (χ0) is 9.78. The van der Waals surface area contributed by atoms with Crippen LogP contribution >= 0.6 is 0 Å². The summed E-state index contributed by atoms with van der Waals surface area (Å²) in [5.41, 5.74) is 4.84. The van der Waals surface area contributed by atoms with Crippen LogP contribution in [0.15, 0.2) is 0 Å². The molecule has 0 aliphatic rings. The molecule has 0 rings (SSSR count). The Labute approximate surface area is 68.0 Å². The second-order valence-electron chi connectivity index (χ2n) is 1.96. The SMILES string of the molecule is NCCS(=O)(=O)NC(F)C(F)F. The van der Waals surface area contributed by atoms with Gasteiger partial charge in [0.2, 0.25) is 16.3 Å². The fraction of sp³-hybridized carbons (Fsp3) is 1.00. The molecule has 3 N–H and O–H groups in total. The Kier molecular flexibility index (Phi) is 4.50. The van der Waals surface area contributed by atoms with Gasteiger partial charge in [-0.3, -0.25) is 0 Å². The van der Waals surface area contributed by atoms with Crippen LogP contribution in [0, 0.1) is 0 Å². The first-order valence-electron chi connectivity index (χ1n) is 3.01. The van der Waals surface area contributed by atoms with E-state index in [1.54, 1.807) is 0 Å². The fourth-order valence-corrected chi connectivity index (χ4v) is 1.31. The second kappa shape index (κ2) is 4.63. The first-order chi connectivity index (χ1) is 5.39. The monoisotopic (exact) mass is 206 g/mol. The van der Waals surface area contributed by atoms with E-state index in [2.05, 4.69) is 0 Å². The van der Waals surface area contributed by atoms with E-state index in [9.17, 15) is 21.6 Å².